The molecule has 1 aromatic carbocycles. The SMILES string of the molecule is O=S(=O)(CC(NO)c1ccco1)c1ccccc1. The summed E-state index contributed by atoms with van der Waals surface area (Å²) in [5.74, 6) is 0.0955. The van der Waals surface area contributed by atoms with Gasteiger partial charge in [-0.1, -0.05) is 18.2 Å². The van der Waals surface area contributed by atoms with Crippen LogP contribution < -0.4 is 5.48 Å². The molecule has 5 nitrogen and oxygen atoms in total. The van der Waals surface area contributed by atoms with E-state index in [9.17, 15) is 8.42 Å². The molecule has 2 rings (SSSR count). The second kappa shape index (κ2) is 5.34. The molecule has 6 heteroatoms. The molecule has 1 aromatic heterocycles. The van der Waals surface area contributed by atoms with E-state index in [-0.39, 0.29) is 10.6 Å². The third-order valence-electron chi connectivity index (χ3n) is 2.53. The summed E-state index contributed by atoms with van der Waals surface area (Å²) in [4.78, 5) is 0.219. The van der Waals surface area contributed by atoms with Gasteiger partial charge in [0.05, 0.1) is 16.9 Å². The number of rotatable bonds is 5. The van der Waals surface area contributed by atoms with Gasteiger partial charge in [-0.2, -0.15) is 5.48 Å². The first kappa shape index (κ1) is 12.8. The molecule has 96 valence electrons. The standard InChI is InChI=1S/C12H13NO4S/c14-13-11(12-7-4-8-17-12)9-18(15,16)10-5-2-1-3-6-10/h1-8,11,13-14H,9H2. The van der Waals surface area contributed by atoms with Gasteiger partial charge in [0, 0.05) is 0 Å². The molecule has 0 spiro atoms. The molecule has 0 radical (unpaired) electrons. The van der Waals surface area contributed by atoms with Gasteiger partial charge in [-0.05, 0) is 24.3 Å². The number of nitrogens with one attached hydrogen (secondary N) is 1. The minimum atomic E-state index is -3.48. The number of hydrogen-bond acceptors (Lipinski definition) is 5. The van der Waals surface area contributed by atoms with Gasteiger partial charge >= 0.3 is 0 Å². The van der Waals surface area contributed by atoms with Crippen LogP contribution in [-0.2, 0) is 9.84 Å². The highest BCUT2D eigenvalue weighted by Gasteiger charge is 2.23. The monoisotopic (exact) mass is 267 g/mol. The predicted octanol–water partition coefficient (Wildman–Crippen LogP) is 1.77. The summed E-state index contributed by atoms with van der Waals surface area (Å²) < 4.78 is 29.3. The Hall–Kier alpha value is -1.63. The molecule has 0 saturated carbocycles. The Morgan fingerprint density at radius 1 is 1.17 bits per heavy atom. The van der Waals surface area contributed by atoms with Crippen molar-refractivity contribution in [3.8, 4) is 0 Å². The van der Waals surface area contributed by atoms with Crippen LogP contribution in [0.1, 0.15) is 11.8 Å². The average Bonchev–Trinajstić information content (AvgIpc) is 2.91. The van der Waals surface area contributed by atoms with Gasteiger partial charge in [0.25, 0.3) is 0 Å². The van der Waals surface area contributed by atoms with Crippen molar-refractivity contribution in [2.75, 3.05) is 5.75 Å². The Balaban J connectivity index is 2.22. The summed E-state index contributed by atoms with van der Waals surface area (Å²) >= 11 is 0. The summed E-state index contributed by atoms with van der Waals surface area (Å²) in [6.45, 7) is 0. The van der Waals surface area contributed by atoms with Crippen molar-refractivity contribution in [2.24, 2.45) is 0 Å². The number of hydrogen-bond donors (Lipinski definition) is 2. The fraction of sp³-hybridized carbons (Fsp3) is 0.167. The Morgan fingerprint density at radius 2 is 1.89 bits per heavy atom. The molecule has 2 aromatic rings. The maximum atomic E-state index is 12.1. The Kier molecular flexibility index (Phi) is 3.81. The molecule has 0 saturated heterocycles. The minimum Gasteiger partial charge on any atom is -0.468 e. The van der Waals surface area contributed by atoms with E-state index in [1.165, 1.54) is 18.4 Å². The van der Waals surface area contributed by atoms with Crippen LogP contribution in [0, 0.1) is 0 Å². The second-order valence-corrected chi connectivity index (χ2v) is 5.83. The van der Waals surface area contributed by atoms with Crippen molar-refractivity contribution < 1.29 is 18.0 Å². The van der Waals surface area contributed by atoms with Crippen LogP contribution in [0.4, 0.5) is 0 Å². The molecule has 1 unspecified atom stereocenters. The van der Waals surface area contributed by atoms with Gasteiger partial charge in [0.1, 0.15) is 11.8 Å². The first-order chi connectivity index (χ1) is 8.63. The zero-order chi connectivity index (χ0) is 13.0. The molecule has 1 atom stereocenters. The molecule has 0 fully saturated rings. The van der Waals surface area contributed by atoms with Crippen LogP contribution in [-0.4, -0.2) is 19.4 Å². The van der Waals surface area contributed by atoms with Gasteiger partial charge in [0.2, 0.25) is 0 Å². The summed E-state index contributed by atoms with van der Waals surface area (Å²) in [5, 5.41) is 9.03. The van der Waals surface area contributed by atoms with Crippen molar-refractivity contribution in [3.63, 3.8) is 0 Å². The smallest absolute Gasteiger partial charge is 0.180 e. The molecule has 18 heavy (non-hydrogen) atoms. The number of benzene rings is 1. The van der Waals surface area contributed by atoms with E-state index >= 15 is 0 Å². The van der Waals surface area contributed by atoms with Crippen LogP contribution in [0.5, 0.6) is 0 Å². The second-order valence-electron chi connectivity index (χ2n) is 3.79. The van der Waals surface area contributed by atoms with E-state index in [0.29, 0.717) is 5.76 Å². The molecule has 0 aliphatic rings. The van der Waals surface area contributed by atoms with Crippen LogP contribution in [0.2, 0.25) is 0 Å². The zero-order valence-electron chi connectivity index (χ0n) is 9.48. The lowest BCUT2D eigenvalue weighted by Gasteiger charge is -2.12. The van der Waals surface area contributed by atoms with Crippen LogP contribution in [0.25, 0.3) is 0 Å². The fourth-order valence-electron chi connectivity index (χ4n) is 1.62. The lowest BCUT2D eigenvalue weighted by atomic mass is 10.3. The maximum Gasteiger partial charge on any atom is 0.180 e. The highest BCUT2D eigenvalue weighted by molar-refractivity contribution is 7.91. The van der Waals surface area contributed by atoms with E-state index in [2.05, 4.69) is 0 Å². The Morgan fingerprint density at radius 3 is 2.44 bits per heavy atom. The summed E-state index contributed by atoms with van der Waals surface area (Å²) in [7, 11) is -3.48. The number of sulfone groups is 1. The molecule has 0 aliphatic carbocycles. The Labute approximate surface area is 105 Å². The van der Waals surface area contributed by atoms with Crippen molar-refractivity contribution in [3.05, 3.63) is 54.5 Å². The van der Waals surface area contributed by atoms with E-state index in [0.717, 1.165) is 0 Å². The molecular formula is C12H13NO4S. The highest BCUT2D eigenvalue weighted by atomic mass is 32.2. The van der Waals surface area contributed by atoms with Crippen molar-refractivity contribution in [1.29, 1.82) is 0 Å². The molecule has 1 heterocycles. The Bertz CT molecular complexity index is 578. The summed E-state index contributed by atoms with van der Waals surface area (Å²) in [6, 6.07) is 10.5. The van der Waals surface area contributed by atoms with Crippen LogP contribution in [0.3, 0.4) is 0 Å². The maximum absolute atomic E-state index is 12.1. The number of hydroxylamine groups is 1. The van der Waals surface area contributed by atoms with Gasteiger partial charge in [-0.25, -0.2) is 8.42 Å². The van der Waals surface area contributed by atoms with E-state index in [1.807, 2.05) is 5.48 Å². The van der Waals surface area contributed by atoms with E-state index in [1.54, 1.807) is 30.3 Å². The molecule has 0 aliphatic heterocycles. The minimum absolute atomic E-state index is 0.219. The van der Waals surface area contributed by atoms with Crippen molar-refractivity contribution in [2.45, 2.75) is 10.9 Å². The first-order valence-electron chi connectivity index (χ1n) is 5.34. The summed E-state index contributed by atoms with van der Waals surface area (Å²) in [6.07, 6.45) is 1.43. The van der Waals surface area contributed by atoms with E-state index in [4.69, 9.17) is 9.62 Å². The first-order valence-corrected chi connectivity index (χ1v) is 6.99. The zero-order valence-corrected chi connectivity index (χ0v) is 10.3. The molecule has 0 bridgehead atoms. The highest BCUT2D eigenvalue weighted by Crippen LogP contribution is 2.19. The number of furan rings is 1. The third kappa shape index (κ3) is 2.79. The quantitative estimate of drug-likeness (QED) is 0.807. The van der Waals surface area contributed by atoms with Gasteiger partial charge < -0.3 is 9.62 Å². The van der Waals surface area contributed by atoms with E-state index < -0.39 is 15.9 Å². The largest absolute Gasteiger partial charge is 0.468 e. The lowest BCUT2D eigenvalue weighted by molar-refractivity contribution is 0.124. The summed E-state index contributed by atoms with van der Waals surface area (Å²) in [5.41, 5.74) is 1.96. The topological polar surface area (TPSA) is 79.5 Å². The van der Waals surface area contributed by atoms with Crippen molar-refractivity contribution in [1.82, 2.24) is 5.48 Å². The average molecular weight is 267 g/mol. The third-order valence-corrected chi connectivity index (χ3v) is 4.29. The van der Waals surface area contributed by atoms with Crippen LogP contribution in [0.15, 0.2) is 58.0 Å². The predicted molar refractivity (Wildman–Crippen MR) is 64.9 cm³/mol. The fourth-order valence-corrected chi connectivity index (χ4v) is 3.06. The van der Waals surface area contributed by atoms with Gasteiger partial charge in [0.15, 0.2) is 9.84 Å². The lowest BCUT2D eigenvalue weighted by Crippen LogP contribution is -2.25. The van der Waals surface area contributed by atoms with Gasteiger partial charge in [-0.3, -0.25) is 0 Å². The van der Waals surface area contributed by atoms with Crippen molar-refractivity contribution >= 4 is 9.84 Å². The van der Waals surface area contributed by atoms with Gasteiger partial charge in [-0.15, -0.1) is 0 Å². The molecular weight excluding hydrogens is 254 g/mol. The normalized spacial score (nSPS) is 13.4. The molecule has 2 N–H and O–H groups in total. The van der Waals surface area contributed by atoms with Crippen LogP contribution >= 0.6 is 0 Å². The molecule has 0 amide bonds.